The Kier molecular flexibility index (Phi) is 6.27. The van der Waals surface area contributed by atoms with E-state index in [1.165, 1.54) is 6.92 Å². The summed E-state index contributed by atoms with van der Waals surface area (Å²) in [5, 5.41) is 6.42. The molecule has 0 radical (unpaired) electrons. The third-order valence-electron chi connectivity index (χ3n) is 3.85. The lowest BCUT2D eigenvalue weighted by Crippen LogP contribution is -2.61. The van der Waals surface area contributed by atoms with Gasteiger partial charge in [-0.25, -0.2) is 0 Å². The molecule has 126 valence electrons. The van der Waals surface area contributed by atoms with Crippen molar-refractivity contribution in [2.24, 2.45) is 5.92 Å². The lowest BCUT2D eigenvalue weighted by atomic mass is 9.83. The Labute approximate surface area is 125 Å². The molecule has 1 aliphatic rings. The molecular weight excluding hydrogens is 319 g/mol. The fraction of sp³-hybridized carbons (Fsp3) is 1.00. The predicted molar refractivity (Wildman–Crippen MR) is 68.4 cm³/mol. The molecule has 0 aromatic heterocycles. The first-order valence-electron chi connectivity index (χ1n) is 7.01. The molecule has 0 heterocycles. The number of aliphatic hydroxyl groups is 1. The van der Waals surface area contributed by atoms with Crippen molar-refractivity contribution >= 4 is 11.6 Å². The molecule has 0 amide bonds. The maximum Gasteiger partial charge on any atom is 0.457 e. The number of ether oxygens (including phenoxy) is 1. The molecule has 0 saturated heterocycles. The molecule has 0 unspecified atom stereocenters. The van der Waals surface area contributed by atoms with Gasteiger partial charge in [0.2, 0.25) is 5.06 Å². The van der Waals surface area contributed by atoms with Crippen LogP contribution in [-0.2, 0) is 4.74 Å². The van der Waals surface area contributed by atoms with Crippen LogP contribution in [0.3, 0.4) is 0 Å². The molecule has 0 aliphatic heterocycles. The van der Waals surface area contributed by atoms with Crippen molar-refractivity contribution in [3.63, 3.8) is 0 Å². The molecular formula is C13H20ClF5O2. The Morgan fingerprint density at radius 3 is 2.10 bits per heavy atom. The van der Waals surface area contributed by atoms with Crippen LogP contribution in [0.25, 0.3) is 0 Å². The fourth-order valence-electron chi connectivity index (χ4n) is 2.69. The van der Waals surface area contributed by atoms with E-state index in [0.717, 1.165) is 19.3 Å². The van der Waals surface area contributed by atoms with Crippen molar-refractivity contribution in [2.75, 3.05) is 6.61 Å². The van der Waals surface area contributed by atoms with Crippen molar-refractivity contribution in [2.45, 2.75) is 68.7 Å². The van der Waals surface area contributed by atoms with Crippen LogP contribution >= 0.6 is 11.6 Å². The summed E-state index contributed by atoms with van der Waals surface area (Å²) in [5.41, 5.74) is 0. The summed E-state index contributed by atoms with van der Waals surface area (Å²) in [4.78, 5) is 0. The summed E-state index contributed by atoms with van der Waals surface area (Å²) in [6.07, 6.45) is -4.09. The monoisotopic (exact) mass is 338 g/mol. The molecule has 21 heavy (non-hydrogen) atoms. The van der Waals surface area contributed by atoms with Gasteiger partial charge in [0.25, 0.3) is 0 Å². The zero-order chi connectivity index (χ0) is 16.3. The van der Waals surface area contributed by atoms with Crippen molar-refractivity contribution in [1.82, 2.24) is 0 Å². The van der Waals surface area contributed by atoms with Gasteiger partial charge in [0, 0.05) is 6.61 Å². The third kappa shape index (κ3) is 3.99. The Balaban J connectivity index is 2.91. The topological polar surface area (TPSA) is 29.5 Å². The van der Waals surface area contributed by atoms with E-state index in [1.807, 2.05) is 0 Å². The first kappa shape index (κ1) is 18.9. The highest BCUT2D eigenvalue weighted by atomic mass is 35.5. The van der Waals surface area contributed by atoms with Crippen molar-refractivity contribution in [1.29, 1.82) is 0 Å². The van der Waals surface area contributed by atoms with Gasteiger partial charge in [-0.1, -0.05) is 43.7 Å². The summed E-state index contributed by atoms with van der Waals surface area (Å²) in [7, 11) is 0. The van der Waals surface area contributed by atoms with Crippen LogP contribution in [0, 0.1) is 5.92 Å². The summed E-state index contributed by atoms with van der Waals surface area (Å²) < 4.78 is 69.4. The standard InChI is InChI=1S/C13H20ClF5O2/c1-2-21-11(14,12(15,16)13(17,18)19)10(20)8-9-6-4-3-5-7-9/h9-10,20H,2-8H2,1H3/t10-,11-/m1/s1. The Hall–Kier alpha value is -0.140. The minimum absolute atomic E-state index is 0.114. The summed E-state index contributed by atoms with van der Waals surface area (Å²) in [6.45, 7) is 0.786. The lowest BCUT2D eigenvalue weighted by molar-refractivity contribution is -0.343. The zero-order valence-corrected chi connectivity index (χ0v) is 12.5. The molecule has 2 atom stereocenters. The molecule has 1 fully saturated rings. The van der Waals surface area contributed by atoms with Crippen molar-refractivity contribution in [3.05, 3.63) is 0 Å². The van der Waals surface area contributed by atoms with Crippen molar-refractivity contribution in [3.8, 4) is 0 Å². The van der Waals surface area contributed by atoms with E-state index in [0.29, 0.717) is 12.8 Å². The molecule has 1 rings (SSSR count). The van der Waals surface area contributed by atoms with Gasteiger partial charge in [-0.15, -0.1) is 0 Å². The van der Waals surface area contributed by atoms with Crippen LogP contribution in [0.2, 0.25) is 0 Å². The second kappa shape index (κ2) is 6.96. The lowest BCUT2D eigenvalue weighted by Gasteiger charge is -2.40. The molecule has 1 aliphatic carbocycles. The molecule has 8 heteroatoms. The highest BCUT2D eigenvalue weighted by molar-refractivity contribution is 6.24. The van der Waals surface area contributed by atoms with E-state index in [1.54, 1.807) is 0 Å². The summed E-state index contributed by atoms with van der Waals surface area (Å²) >= 11 is 5.44. The smallest absolute Gasteiger partial charge is 0.389 e. The Bertz CT molecular complexity index is 331. The number of alkyl halides is 6. The normalized spacial score (nSPS) is 22.9. The highest BCUT2D eigenvalue weighted by Gasteiger charge is 2.73. The van der Waals surface area contributed by atoms with Gasteiger partial charge >= 0.3 is 12.1 Å². The average Bonchev–Trinajstić information content (AvgIpc) is 2.38. The van der Waals surface area contributed by atoms with Gasteiger partial charge in [-0.05, 0) is 19.3 Å². The van der Waals surface area contributed by atoms with E-state index in [2.05, 4.69) is 4.74 Å². The predicted octanol–water partition coefficient (Wildman–Crippen LogP) is 4.49. The minimum Gasteiger partial charge on any atom is -0.389 e. The maximum absolute atomic E-state index is 13.6. The maximum atomic E-state index is 13.6. The van der Waals surface area contributed by atoms with Gasteiger partial charge in [-0.3, -0.25) is 0 Å². The molecule has 2 nitrogen and oxygen atoms in total. The van der Waals surface area contributed by atoms with E-state index >= 15 is 0 Å². The molecule has 0 aromatic rings. The van der Waals surface area contributed by atoms with Crippen molar-refractivity contribution < 1.29 is 31.8 Å². The number of halogens is 6. The Morgan fingerprint density at radius 2 is 1.67 bits per heavy atom. The van der Waals surface area contributed by atoms with E-state index in [-0.39, 0.29) is 12.3 Å². The summed E-state index contributed by atoms with van der Waals surface area (Å²) in [5.74, 6) is -5.46. The quantitative estimate of drug-likeness (QED) is 0.571. The van der Waals surface area contributed by atoms with Gasteiger partial charge in [0.05, 0.1) is 0 Å². The summed E-state index contributed by atoms with van der Waals surface area (Å²) in [6, 6.07) is 0. The molecule has 0 spiro atoms. The van der Waals surface area contributed by atoms with Crippen LogP contribution in [0.1, 0.15) is 45.4 Å². The SMILES string of the molecule is CCO[C@](Cl)([C@H](O)CC1CCCCC1)C(F)(F)C(F)(F)F. The van der Waals surface area contributed by atoms with Gasteiger partial charge in [0.1, 0.15) is 6.10 Å². The number of aliphatic hydroxyl groups excluding tert-OH is 1. The van der Waals surface area contributed by atoms with Gasteiger partial charge in [-0.2, -0.15) is 22.0 Å². The second-order valence-electron chi connectivity index (χ2n) is 5.41. The largest absolute Gasteiger partial charge is 0.457 e. The van der Waals surface area contributed by atoms with E-state index in [4.69, 9.17) is 11.6 Å². The third-order valence-corrected chi connectivity index (χ3v) is 4.45. The van der Waals surface area contributed by atoms with E-state index in [9.17, 15) is 27.1 Å². The van der Waals surface area contributed by atoms with Gasteiger partial charge in [0.15, 0.2) is 0 Å². The molecule has 0 bridgehead atoms. The number of hydrogen-bond acceptors (Lipinski definition) is 2. The van der Waals surface area contributed by atoms with Gasteiger partial charge < -0.3 is 9.84 Å². The molecule has 1 N–H and O–H groups in total. The molecule has 0 aromatic carbocycles. The van der Waals surface area contributed by atoms with Crippen LogP contribution in [0.15, 0.2) is 0 Å². The van der Waals surface area contributed by atoms with Crippen LogP contribution in [0.5, 0.6) is 0 Å². The zero-order valence-electron chi connectivity index (χ0n) is 11.7. The second-order valence-corrected chi connectivity index (χ2v) is 5.97. The average molecular weight is 339 g/mol. The molecule has 1 saturated carbocycles. The fourth-order valence-corrected chi connectivity index (χ4v) is 2.99. The van der Waals surface area contributed by atoms with Crippen LogP contribution in [0.4, 0.5) is 22.0 Å². The van der Waals surface area contributed by atoms with E-state index < -0.39 is 29.9 Å². The van der Waals surface area contributed by atoms with Crippen LogP contribution < -0.4 is 0 Å². The highest BCUT2D eigenvalue weighted by Crippen LogP contribution is 2.50. The van der Waals surface area contributed by atoms with Crippen LogP contribution in [-0.4, -0.2) is 35.0 Å². The number of hydrogen-bond donors (Lipinski definition) is 1. The Morgan fingerprint density at radius 1 is 1.14 bits per heavy atom. The first-order chi connectivity index (χ1) is 9.56. The number of rotatable bonds is 6. The first-order valence-corrected chi connectivity index (χ1v) is 7.39. The minimum atomic E-state index is -5.89.